The second-order valence-electron chi connectivity index (χ2n) is 4.60. The van der Waals surface area contributed by atoms with Crippen molar-refractivity contribution in [3.8, 4) is 0 Å². The van der Waals surface area contributed by atoms with Crippen LogP contribution in [0.1, 0.15) is 35.2 Å². The fourth-order valence-corrected chi connectivity index (χ4v) is 2.46. The first-order valence-corrected chi connectivity index (χ1v) is 6.19. The van der Waals surface area contributed by atoms with Crippen molar-refractivity contribution in [2.24, 2.45) is 0 Å². The predicted octanol–water partition coefficient (Wildman–Crippen LogP) is 2.00. The number of rotatable bonds is 2. The first-order valence-electron chi connectivity index (χ1n) is 6.19. The number of esters is 1. The average molecular weight is 264 g/mol. The number of ether oxygens (including phenoxy) is 1. The molecule has 1 aromatic rings. The van der Waals surface area contributed by atoms with Gasteiger partial charge < -0.3 is 4.74 Å². The van der Waals surface area contributed by atoms with Crippen LogP contribution in [0.5, 0.6) is 0 Å². The molecule has 0 heterocycles. The lowest BCUT2D eigenvalue weighted by Crippen LogP contribution is -2.50. The highest BCUT2D eigenvalue weighted by molar-refractivity contribution is 6.16. The van der Waals surface area contributed by atoms with E-state index in [1.165, 1.54) is 7.11 Å². The number of fused-ring (bicyclic) bond motifs is 1. The maximum atomic E-state index is 12.6. The van der Waals surface area contributed by atoms with Crippen molar-refractivity contribution in [3.05, 3.63) is 35.4 Å². The second-order valence-corrected chi connectivity index (χ2v) is 4.60. The van der Waals surface area contributed by atoms with Crippen LogP contribution in [0.15, 0.2) is 24.3 Å². The van der Waals surface area contributed by atoms with Crippen LogP contribution in [0.3, 0.4) is 0 Å². The number of benzene rings is 1. The number of carbonyl (C=O) groups excluding carboxylic acids is 2. The summed E-state index contributed by atoms with van der Waals surface area (Å²) in [6.07, 6.45) is 2.29. The van der Waals surface area contributed by atoms with E-state index in [1.807, 2.05) is 12.1 Å². The van der Waals surface area contributed by atoms with Gasteiger partial charge in [0.1, 0.15) is 0 Å². The molecule has 1 aliphatic rings. The number of methoxy groups -OCH3 is 1. The van der Waals surface area contributed by atoms with Gasteiger partial charge in [0.05, 0.1) is 7.11 Å². The largest absolute Gasteiger partial charge is 0.466 e. The molecule has 102 valence electrons. The maximum Gasteiger partial charge on any atom is 0.349 e. The fourth-order valence-electron chi connectivity index (χ4n) is 2.46. The van der Waals surface area contributed by atoms with Crippen molar-refractivity contribution in [2.75, 3.05) is 7.11 Å². The Hall–Kier alpha value is -1.72. The maximum absolute atomic E-state index is 12.6. The summed E-state index contributed by atoms with van der Waals surface area (Å²) in [7, 11) is 1.17. The molecular weight excluding hydrogens is 248 g/mol. The third-order valence-electron chi connectivity index (χ3n) is 3.52. The number of hydrogen-bond acceptors (Lipinski definition) is 5. The molecular formula is C14H16O5. The third-order valence-corrected chi connectivity index (χ3v) is 3.52. The molecule has 5 nitrogen and oxygen atoms in total. The first kappa shape index (κ1) is 13.7. The van der Waals surface area contributed by atoms with E-state index in [-0.39, 0.29) is 6.42 Å². The minimum atomic E-state index is -1.94. The summed E-state index contributed by atoms with van der Waals surface area (Å²) in [6.45, 7) is 0. The van der Waals surface area contributed by atoms with Gasteiger partial charge in [-0.1, -0.05) is 24.3 Å². The molecule has 0 spiro atoms. The van der Waals surface area contributed by atoms with Crippen LogP contribution in [-0.2, 0) is 20.8 Å². The minimum Gasteiger partial charge on any atom is -0.466 e. The molecule has 1 aromatic carbocycles. The van der Waals surface area contributed by atoms with E-state index >= 15 is 0 Å². The molecule has 1 atom stereocenters. The zero-order chi connectivity index (χ0) is 13.9. The van der Waals surface area contributed by atoms with E-state index in [0.29, 0.717) is 12.0 Å². The van der Waals surface area contributed by atoms with Crippen molar-refractivity contribution in [1.82, 2.24) is 0 Å². The summed E-state index contributed by atoms with van der Waals surface area (Å²) >= 11 is 0. The minimum absolute atomic E-state index is 0.114. The van der Waals surface area contributed by atoms with Gasteiger partial charge in [-0.2, -0.15) is 0 Å². The van der Waals surface area contributed by atoms with Crippen molar-refractivity contribution >= 4 is 11.8 Å². The number of carbonyl (C=O) groups is 2. The molecule has 1 N–H and O–H groups in total. The molecule has 0 saturated heterocycles. The molecule has 0 saturated carbocycles. The van der Waals surface area contributed by atoms with E-state index in [2.05, 4.69) is 9.62 Å². The highest BCUT2D eigenvalue weighted by Crippen LogP contribution is 2.30. The Balaban J connectivity index is 2.53. The molecule has 0 fully saturated rings. The van der Waals surface area contributed by atoms with Crippen LogP contribution < -0.4 is 0 Å². The smallest absolute Gasteiger partial charge is 0.349 e. The second kappa shape index (κ2) is 5.50. The Morgan fingerprint density at radius 1 is 1.32 bits per heavy atom. The van der Waals surface area contributed by atoms with Gasteiger partial charge in [0, 0.05) is 5.56 Å². The quantitative estimate of drug-likeness (QED) is 0.383. The van der Waals surface area contributed by atoms with Crippen LogP contribution in [0, 0.1) is 0 Å². The highest BCUT2D eigenvalue weighted by atomic mass is 17.1. The van der Waals surface area contributed by atoms with Crippen LogP contribution in [-0.4, -0.2) is 29.7 Å². The topological polar surface area (TPSA) is 72.8 Å². The Kier molecular flexibility index (Phi) is 3.97. The standard InChI is InChI=1S/C14H16O5/c1-18-13(16)14(19-17)9-5-4-7-10-6-2-3-8-11(10)12(14)15/h2-3,6,8,17H,4-5,7,9H2,1H3. The predicted molar refractivity (Wildman–Crippen MR) is 66.8 cm³/mol. The summed E-state index contributed by atoms with van der Waals surface area (Å²) in [4.78, 5) is 28.7. The summed E-state index contributed by atoms with van der Waals surface area (Å²) in [5.41, 5.74) is -0.676. The molecule has 19 heavy (non-hydrogen) atoms. The van der Waals surface area contributed by atoms with Gasteiger partial charge in [0.25, 0.3) is 5.60 Å². The normalized spacial score (nSPS) is 23.2. The lowest BCUT2D eigenvalue weighted by molar-refractivity contribution is -0.302. The van der Waals surface area contributed by atoms with E-state index < -0.39 is 17.4 Å². The molecule has 1 unspecified atom stereocenters. The summed E-state index contributed by atoms with van der Waals surface area (Å²) in [5, 5.41) is 9.13. The van der Waals surface area contributed by atoms with E-state index in [4.69, 9.17) is 5.26 Å². The lowest BCUT2D eigenvalue weighted by atomic mass is 9.82. The van der Waals surface area contributed by atoms with E-state index in [0.717, 1.165) is 18.4 Å². The molecule has 0 bridgehead atoms. The van der Waals surface area contributed by atoms with Crippen molar-refractivity contribution in [3.63, 3.8) is 0 Å². The van der Waals surface area contributed by atoms with Gasteiger partial charge in [-0.15, -0.1) is 0 Å². The molecule has 5 heteroatoms. The Bertz CT molecular complexity index is 496. The molecule has 0 radical (unpaired) electrons. The number of Topliss-reactive ketones (excluding diaryl/α,β-unsaturated/α-hetero) is 1. The van der Waals surface area contributed by atoms with Gasteiger partial charge in [0.2, 0.25) is 5.78 Å². The zero-order valence-corrected chi connectivity index (χ0v) is 10.7. The van der Waals surface area contributed by atoms with Gasteiger partial charge >= 0.3 is 5.97 Å². The monoisotopic (exact) mass is 264 g/mol. The number of ketones is 1. The first-order chi connectivity index (χ1) is 9.15. The summed E-state index contributed by atoms with van der Waals surface area (Å²) in [6, 6.07) is 7.04. The number of hydrogen-bond donors (Lipinski definition) is 1. The van der Waals surface area contributed by atoms with Gasteiger partial charge in [0.15, 0.2) is 0 Å². The Labute approximate surface area is 111 Å². The number of aryl methyl sites for hydroxylation is 1. The summed E-state index contributed by atoms with van der Waals surface area (Å²) < 4.78 is 4.62. The molecule has 0 aliphatic heterocycles. The molecule has 0 amide bonds. The molecule has 0 aromatic heterocycles. The molecule has 2 rings (SSSR count). The Morgan fingerprint density at radius 3 is 2.74 bits per heavy atom. The zero-order valence-electron chi connectivity index (χ0n) is 10.7. The van der Waals surface area contributed by atoms with Crippen molar-refractivity contribution in [1.29, 1.82) is 0 Å². The molecule has 1 aliphatic carbocycles. The van der Waals surface area contributed by atoms with Crippen molar-refractivity contribution < 1.29 is 24.5 Å². The third kappa shape index (κ3) is 2.27. The van der Waals surface area contributed by atoms with Crippen molar-refractivity contribution in [2.45, 2.75) is 31.3 Å². The van der Waals surface area contributed by atoms with Gasteiger partial charge in [-0.25, -0.2) is 9.68 Å². The lowest BCUT2D eigenvalue weighted by Gasteiger charge is -2.28. The summed E-state index contributed by atoms with van der Waals surface area (Å²) in [5.74, 6) is -1.41. The van der Waals surface area contributed by atoms with E-state index in [9.17, 15) is 9.59 Å². The van der Waals surface area contributed by atoms with Crippen LogP contribution in [0.2, 0.25) is 0 Å². The Morgan fingerprint density at radius 2 is 2.05 bits per heavy atom. The van der Waals surface area contributed by atoms with Gasteiger partial charge in [-0.3, -0.25) is 10.1 Å². The van der Waals surface area contributed by atoms with Crippen LogP contribution in [0.4, 0.5) is 0 Å². The van der Waals surface area contributed by atoms with Crippen LogP contribution in [0.25, 0.3) is 0 Å². The van der Waals surface area contributed by atoms with E-state index in [1.54, 1.807) is 12.1 Å². The fraction of sp³-hybridized carbons (Fsp3) is 0.429. The van der Waals surface area contributed by atoms with Gasteiger partial charge in [-0.05, 0) is 31.2 Å². The SMILES string of the molecule is COC(=O)C1(OO)CCCCc2ccccc2C1=O. The van der Waals surface area contributed by atoms with Crippen LogP contribution >= 0.6 is 0 Å². The highest BCUT2D eigenvalue weighted by Gasteiger charge is 2.50. The average Bonchev–Trinajstić information content (AvgIpc) is 2.45.